The fraction of sp³-hybridized carbons (Fsp3) is 0.0625. The topological polar surface area (TPSA) is 93.8 Å². The van der Waals surface area contributed by atoms with E-state index in [1.165, 1.54) is 23.1 Å². The molecule has 0 radical (unpaired) electrons. The molecule has 0 bridgehead atoms. The van der Waals surface area contributed by atoms with Crippen molar-refractivity contribution in [2.45, 2.75) is 5.22 Å². The van der Waals surface area contributed by atoms with Crippen LogP contribution in [0.2, 0.25) is 0 Å². The van der Waals surface area contributed by atoms with E-state index >= 15 is 0 Å². The molecule has 1 aromatic carbocycles. The Labute approximate surface area is 150 Å². The van der Waals surface area contributed by atoms with Crippen molar-refractivity contribution < 1.29 is 9.21 Å². The smallest absolute Gasteiger partial charge is 0.277 e. The number of hydrogen-bond acceptors (Lipinski definition) is 8. The van der Waals surface area contributed by atoms with Crippen LogP contribution >= 0.6 is 23.1 Å². The maximum absolute atomic E-state index is 12.1. The molecule has 1 amide bonds. The monoisotopic (exact) mass is 369 g/mol. The molecule has 4 aromatic rings. The Morgan fingerprint density at radius 2 is 2.04 bits per heavy atom. The SMILES string of the molecule is O=C(CSc1nnc(-c2ccccn2)o1)Nc1nc2ccccc2s1. The number of fused-ring (bicyclic) bond motifs is 1. The number of nitrogens with zero attached hydrogens (tertiary/aromatic N) is 4. The molecular formula is C16H11N5O2S2. The fourth-order valence-electron chi connectivity index (χ4n) is 2.07. The van der Waals surface area contributed by atoms with Crippen molar-refractivity contribution in [2.24, 2.45) is 0 Å². The first-order chi connectivity index (χ1) is 12.3. The molecule has 0 fully saturated rings. The van der Waals surface area contributed by atoms with Gasteiger partial charge >= 0.3 is 0 Å². The molecule has 1 N–H and O–H groups in total. The predicted octanol–water partition coefficient (Wildman–Crippen LogP) is 3.47. The average Bonchev–Trinajstić information content (AvgIpc) is 3.27. The molecule has 0 spiro atoms. The second kappa shape index (κ2) is 6.99. The molecule has 0 saturated heterocycles. The number of carbonyl (C=O) groups excluding carboxylic acids is 1. The third-order valence-corrected chi connectivity index (χ3v) is 4.93. The zero-order valence-corrected chi connectivity index (χ0v) is 14.4. The number of benzene rings is 1. The standard InChI is InChI=1S/C16H11N5O2S2/c22-13(19-15-18-10-5-1-2-7-12(10)25-15)9-24-16-21-20-14(23-16)11-6-3-4-8-17-11/h1-8H,9H2,(H,18,19,22). The van der Waals surface area contributed by atoms with Crippen LogP contribution in [0.25, 0.3) is 21.8 Å². The highest BCUT2D eigenvalue weighted by Gasteiger charge is 2.13. The molecule has 3 aromatic heterocycles. The molecule has 0 aliphatic carbocycles. The Kier molecular flexibility index (Phi) is 4.40. The maximum Gasteiger partial charge on any atom is 0.277 e. The van der Waals surface area contributed by atoms with Crippen molar-refractivity contribution in [3.63, 3.8) is 0 Å². The van der Waals surface area contributed by atoms with Gasteiger partial charge in [0, 0.05) is 6.20 Å². The van der Waals surface area contributed by atoms with E-state index in [1.807, 2.05) is 36.4 Å². The van der Waals surface area contributed by atoms with Gasteiger partial charge in [0.15, 0.2) is 5.13 Å². The van der Waals surface area contributed by atoms with Crippen LogP contribution in [-0.2, 0) is 4.79 Å². The van der Waals surface area contributed by atoms with Gasteiger partial charge in [-0.25, -0.2) is 4.98 Å². The van der Waals surface area contributed by atoms with Crippen LogP contribution in [0, 0.1) is 0 Å². The van der Waals surface area contributed by atoms with Gasteiger partial charge in [-0.05, 0) is 24.3 Å². The molecule has 7 nitrogen and oxygen atoms in total. The lowest BCUT2D eigenvalue weighted by molar-refractivity contribution is -0.113. The summed E-state index contributed by atoms with van der Waals surface area (Å²) in [6.45, 7) is 0. The largest absolute Gasteiger partial charge is 0.410 e. The van der Waals surface area contributed by atoms with Crippen LogP contribution in [0.1, 0.15) is 0 Å². The molecule has 0 saturated carbocycles. The summed E-state index contributed by atoms with van der Waals surface area (Å²) in [6, 6.07) is 13.2. The quantitative estimate of drug-likeness (QED) is 0.538. The van der Waals surface area contributed by atoms with E-state index in [4.69, 9.17) is 4.42 Å². The molecule has 0 atom stereocenters. The number of thioether (sulfide) groups is 1. The van der Waals surface area contributed by atoms with Gasteiger partial charge < -0.3 is 9.73 Å². The number of thiazole rings is 1. The van der Waals surface area contributed by atoms with Crippen LogP contribution in [0.3, 0.4) is 0 Å². The maximum atomic E-state index is 12.1. The van der Waals surface area contributed by atoms with Gasteiger partial charge in [0.2, 0.25) is 5.91 Å². The minimum absolute atomic E-state index is 0.153. The Bertz CT molecular complexity index is 982. The highest BCUT2D eigenvalue weighted by molar-refractivity contribution is 7.99. The number of aromatic nitrogens is 4. The second-order valence-electron chi connectivity index (χ2n) is 4.91. The van der Waals surface area contributed by atoms with Crippen molar-refractivity contribution >= 4 is 44.4 Å². The summed E-state index contributed by atoms with van der Waals surface area (Å²) >= 11 is 2.60. The van der Waals surface area contributed by atoms with Gasteiger partial charge in [-0.15, -0.1) is 10.2 Å². The van der Waals surface area contributed by atoms with Crippen molar-refractivity contribution in [1.29, 1.82) is 0 Å². The van der Waals surface area contributed by atoms with Crippen LogP contribution in [0.5, 0.6) is 0 Å². The summed E-state index contributed by atoms with van der Waals surface area (Å²) in [7, 11) is 0. The molecule has 124 valence electrons. The third-order valence-electron chi connectivity index (χ3n) is 3.16. The summed E-state index contributed by atoms with van der Waals surface area (Å²) in [5.74, 6) is 0.302. The molecule has 3 heterocycles. The molecule has 0 aliphatic rings. The highest BCUT2D eigenvalue weighted by atomic mass is 32.2. The minimum Gasteiger partial charge on any atom is -0.410 e. The van der Waals surface area contributed by atoms with E-state index in [9.17, 15) is 4.79 Å². The Balaban J connectivity index is 1.36. The Hall–Kier alpha value is -2.78. The van der Waals surface area contributed by atoms with Gasteiger partial charge in [-0.3, -0.25) is 9.78 Å². The zero-order chi connectivity index (χ0) is 17.1. The van der Waals surface area contributed by atoms with Crippen LogP contribution in [-0.4, -0.2) is 31.8 Å². The summed E-state index contributed by atoms with van der Waals surface area (Å²) in [4.78, 5) is 20.6. The number of para-hydroxylation sites is 1. The van der Waals surface area contributed by atoms with E-state index in [2.05, 4.69) is 25.5 Å². The number of carbonyl (C=O) groups is 1. The lowest BCUT2D eigenvalue weighted by Crippen LogP contribution is -2.13. The van der Waals surface area contributed by atoms with Gasteiger partial charge in [0.1, 0.15) is 5.69 Å². The van der Waals surface area contributed by atoms with E-state index < -0.39 is 0 Å². The Morgan fingerprint density at radius 3 is 2.88 bits per heavy atom. The molecule has 25 heavy (non-hydrogen) atoms. The number of amides is 1. The highest BCUT2D eigenvalue weighted by Crippen LogP contribution is 2.26. The number of rotatable bonds is 5. The zero-order valence-electron chi connectivity index (χ0n) is 12.7. The number of anilines is 1. The summed E-state index contributed by atoms with van der Waals surface area (Å²) in [5.41, 5.74) is 1.47. The predicted molar refractivity (Wildman–Crippen MR) is 96.5 cm³/mol. The molecule has 0 aliphatic heterocycles. The first kappa shape index (κ1) is 15.7. The first-order valence-electron chi connectivity index (χ1n) is 7.31. The summed E-state index contributed by atoms with van der Waals surface area (Å²) in [6.07, 6.45) is 1.65. The third kappa shape index (κ3) is 3.67. The second-order valence-corrected chi connectivity index (χ2v) is 6.87. The van der Waals surface area contributed by atoms with Crippen molar-refractivity contribution in [1.82, 2.24) is 20.2 Å². The molecular weight excluding hydrogens is 358 g/mol. The van der Waals surface area contributed by atoms with E-state index in [-0.39, 0.29) is 11.7 Å². The number of nitrogens with one attached hydrogen (secondary N) is 1. The van der Waals surface area contributed by atoms with Crippen LogP contribution in [0.4, 0.5) is 5.13 Å². The molecule has 0 unspecified atom stereocenters. The Morgan fingerprint density at radius 1 is 1.16 bits per heavy atom. The normalized spacial score (nSPS) is 10.9. The molecule has 4 rings (SSSR count). The lowest BCUT2D eigenvalue weighted by Gasteiger charge is -1.98. The number of hydrogen-bond donors (Lipinski definition) is 1. The lowest BCUT2D eigenvalue weighted by atomic mass is 10.3. The van der Waals surface area contributed by atoms with Crippen molar-refractivity contribution in [2.75, 3.05) is 11.1 Å². The van der Waals surface area contributed by atoms with Crippen LogP contribution in [0.15, 0.2) is 58.3 Å². The van der Waals surface area contributed by atoms with Gasteiger partial charge in [-0.2, -0.15) is 0 Å². The van der Waals surface area contributed by atoms with E-state index in [1.54, 1.807) is 12.3 Å². The van der Waals surface area contributed by atoms with E-state index in [0.29, 0.717) is 21.9 Å². The van der Waals surface area contributed by atoms with Gasteiger partial charge in [0.25, 0.3) is 11.1 Å². The van der Waals surface area contributed by atoms with Gasteiger partial charge in [-0.1, -0.05) is 41.3 Å². The van der Waals surface area contributed by atoms with Crippen molar-refractivity contribution in [3.8, 4) is 11.6 Å². The van der Waals surface area contributed by atoms with Gasteiger partial charge in [0.05, 0.1) is 16.0 Å². The summed E-state index contributed by atoms with van der Waals surface area (Å²) < 4.78 is 6.53. The first-order valence-corrected chi connectivity index (χ1v) is 9.11. The average molecular weight is 369 g/mol. The van der Waals surface area contributed by atoms with Crippen LogP contribution < -0.4 is 5.32 Å². The molecule has 9 heteroatoms. The van der Waals surface area contributed by atoms with E-state index in [0.717, 1.165) is 10.2 Å². The van der Waals surface area contributed by atoms with Crippen molar-refractivity contribution in [3.05, 3.63) is 48.7 Å². The summed E-state index contributed by atoms with van der Waals surface area (Å²) in [5, 5.41) is 11.5. The number of pyridine rings is 1. The fourth-order valence-corrected chi connectivity index (χ4v) is 3.51. The minimum atomic E-state index is -0.179.